The highest BCUT2D eigenvalue weighted by Crippen LogP contribution is 2.47. The largest absolute Gasteiger partial charge is 0.378 e. The molecule has 2 aromatic heterocycles. The summed E-state index contributed by atoms with van der Waals surface area (Å²) in [6.07, 6.45) is 1.82. The Bertz CT molecular complexity index is 1170. The predicted octanol–water partition coefficient (Wildman–Crippen LogP) is 5.03. The molecule has 32 heavy (non-hydrogen) atoms. The van der Waals surface area contributed by atoms with E-state index in [0.717, 1.165) is 35.1 Å². The first-order valence-corrected chi connectivity index (χ1v) is 12.1. The minimum atomic E-state index is -1.01. The first-order valence-electron chi connectivity index (χ1n) is 11.0. The molecule has 0 saturated heterocycles. The lowest BCUT2D eigenvalue weighted by atomic mass is 9.96. The Labute approximate surface area is 194 Å². The fraction of sp³-hybridized carbons (Fsp3) is 0.385. The Morgan fingerprint density at radius 3 is 2.75 bits per heavy atom. The van der Waals surface area contributed by atoms with E-state index in [1.807, 2.05) is 42.2 Å². The average Bonchev–Trinajstić information content (AvgIpc) is 3.02. The Morgan fingerprint density at radius 1 is 1.28 bits per heavy atom. The van der Waals surface area contributed by atoms with Crippen LogP contribution in [-0.4, -0.2) is 37.3 Å². The molecule has 0 radical (unpaired) electrons. The van der Waals surface area contributed by atoms with Gasteiger partial charge in [-0.25, -0.2) is 4.68 Å². The smallest absolute Gasteiger partial charge is 0.129 e. The lowest BCUT2D eigenvalue weighted by Crippen LogP contribution is -2.19. The van der Waals surface area contributed by atoms with E-state index in [0.29, 0.717) is 6.04 Å². The fourth-order valence-electron chi connectivity index (χ4n) is 3.91. The van der Waals surface area contributed by atoms with Gasteiger partial charge in [-0.1, -0.05) is 24.0 Å². The van der Waals surface area contributed by atoms with Gasteiger partial charge in [-0.3, -0.25) is 4.98 Å². The Morgan fingerprint density at radius 2 is 2.09 bits per heavy atom. The highest BCUT2D eigenvalue weighted by Gasteiger charge is 2.32. The van der Waals surface area contributed by atoms with Gasteiger partial charge in [0.05, 0.1) is 10.9 Å². The van der Waals surface area contributed by atoms with E-state index in [2.05, 4.69) is 59.7 Å². The number of hydrogen-bond acceptors (Lipinski definition) is 5. The molecule has 6 heteroatoms. The maximum absolute atomic E-state index is 9.94. The van der Waals surface area contributed by atoms with Crippen LogP contribution in [0.15, 0.2) is 42.6 Å². The first kappa shape index (κ1) is 22.4. The van der Waals surface area contributed by atoms with E-state index in [1.165, 1.54) is 16.7 Å². The van der Waals surface area contributed by atoms with Crippen molar-refractivity contribution in [1.29, 1.82) is 0 Å². The number of aryl methyl sites for hydroxylation is 2. The number of benzene rings is 1. The van der Waals surface area contributed by atoms with Gasteiger partial charge < -0.3 is 10.4 Å². The lowest BCUT2D eigenvalue weighted by molar-refractivity contribution is 0.143. The van der Waals surface area contributed by atoms with E-state index in [-0.39, 0.29) is 5.25 Å². The van der Waals surface area contributed by atoms with Gasteiger partial charge in [0.2, 0.25) is 0 Å². The van der Waals surface area contributed by atoms with Crippen molar-refractivity contribution < 1.29 is 5.11 Å². The van der Waals surface area contributed by atoms with Crippen molar-refractivity contribution in [3.8, 4) is 23.2 Å². The van der Waals surface area contributed by atoms with Gasteiger partial charge in [0, 0.05) is 35.7 Å². The van der Waals surface area contributed by atoms with Crippen LogP contribution < -0.4 is 5.32 Å². The van der Waals surface area contributed by atoms with Gasteiger partial charge in [0.25, 0.3) is 0 Å². The molecule has 1 aliphatic heterocycles. The van der Waals surface area contributed by atoms with Gasteiger partial charge in [0.15, 0.2) is 0 Å². The van der Waals surface area contributed by atoms with Crippen molar-refractivity contribution in [2.24, 2.45) is 0 Å². The number of aromatic nitrogens is 3. The molecule has 0 unspecified atom stereocenters. The van der Waals surface area contributed by atoms with Crippen molar-refractivity contribution in [2.75, 3.05) is 11.1 Å². The summed E-state index contributed by atoms with van der Waals surface area (Å²) < 4.78 is 2.06. The number of nitrogens with one attached hydrogen (secondary N) is 1. The quantitative estimate of drug-likeness (QED) is 0.553. The highest BCUT2D eigenvalue weighted by atomic mass is 32.2. The van der Waals surface area contributed by atoms with E-state index in [9.17, 15) is 5.11 Å². The Hall–Kier alpha value is -2.75. The normalized spacial score (nSPS) is 18.2. The molecule has 2 N–H and O–H groups in total. The average molecular weight is 447 g/mol. The second-order valence-electron chi connectivity index (χ2n) is 8.78. The summed E-state index contributed by atoms with van der Waals surface area (Å²) in [5, 5.41) is 18.7. The number of aliphatic hydroxyl groups is 1. The summed E-state index contributed by atoms with van der Waals surface area (Å²) >= 11 is 1.94. The number of hydrogen-bond donors (Lipinski definition) is 2. The molecule has 0 bridgehead atoms. The molecule has 0 saturated carbocycles. The lowest BCUT2D eigenvalue weighted by Gasteiger charge is -2.19. The van der Waals surface area contributed by atoms with Crippen LogP contribution in [0.4, 0.5) is 5.82 Å². The number of anilines is 1. The zero-order valence-corrected chi connectivity index (χ0v) is 20.1. The second-order valence-corrected chi connectivity index (χ2v) is 9.92. The molecule has 3 heterocycles. The van der Waals surface area contributed by atoms with Crippen LogP contribution in [0.25, 0.3) is 11.4 Å². The van der Waals surface area contributed by atoms with Gasteiger partial charge in [-0.15, -0.1) is 11.8 Å². The standard InChI is InChI=1S/C26H30N4OS/c1-6-30-25-22(23(29-30)21-9-7-8-14-27-21)24(32-16-18(3)28-25)20-11-10-19(15-17(20)2)12-13-26(4,5)31/h7-11,14-15,18,24,28,31H,6,16H2,1-5H3/t18-,24-/m1/s1. The van der Waals surface area contributed by atoms with Crippen molar-refractivity contribution >= 4 is 17.6 Å². The van der Waals surface area contributed by atoms with Crippen molar-refractivity contribution in [2.45, 2.75) is 58.1 Å². The monoisotopic (exact) mass is 446 g/mol. The molecular formula is C26H30N4OS. The minimum absolute atomic E-state index is 0.135. The number of rotatable bonds is 3. The molecule has 1 aromatic carbocycles. The minimum Gasteiger partial charge on any atom is -0.378 e. The van der Waals surface area contributed by atoms with Crippen LogP contribution in [0.3, 0.4) is 0 Å². The predicted molar refractivity (Wildman–Crippen MR) is 133 cm³/mol. The summed E-state index contributed by atoms with van der Waals surface area (Å²) in [6.45, 7) is 10.7. The third-order valence-corrected chi connectivity index (χ3v) is 6.93. The summed E-state index contributed by atoms with van der Waals surface area (Å²) in [4.78, 5) is 4.61. The zero-order chi connectivity index (χ0) is 22.9. The molecule has 0 aliphatic carbocycles. The van der Waals surface area contributed by atoms with Gasteiger partial charge in [-0.05, 0) is 70.0 Å². The number of fused-ring (bicyclic) bond motifs is 1. The maximum atomic E-state index is 9.94. The molecular weight excluding hydrogens is 416 g/mol. The van der Waals surface area contributed by atoms with Gasteiger partial charge in [0.1, 0.15) is 17.1 Å². The van der Waals surface area contributed by atoms with E-state index in [1.54, 1.807) is 13.8 Å². The third-order valence-electron chi connectivity index (χ3n) is 5.42. The first-order chi connectivity index (χ1) is 15.3. The van der Waals surface area contributed by atoms with Crippen molar-refractivity contribution in [3.63, 3.8) is 0 Å². The zero-order valence-electron chi connectivity index (χ0n) is 19.3. The fourth-order valence-corrected chi connectivity index (χ4v) is 5.31. The van der Waals surface area contributed by atoms with E-state index in [4.69, 9.17) is 5.10 Å². The number of nitrogens with zero attached hydrogens (tertiary/aromatic N) is 3. The molecule has 5 nitrogen and oxygen atoms in total. The van der Waals surface area contributed by atoms with Crippen LogP contribution in [0.2, 0.25) is 0 Å². The molecule has 166 valence electrons. The maximum Gasteiger partial charge on any atom is 0.129 e. The Kier molecular flexibility index (Phi) is 6.32. The van der Waals surface area contributed by atoms with Crippen LogP contribution in [0.1, 0.15) is 55.2 Å². The second kappa shape index (κ2) is 9.01. The van der Waals surface area contributed by atoms with Crippen LogP contribution >= 0.6 is 11.8 Å². The Balaban J connectivity index is 1.85. The van der Waals surface area contributed by atoms with Crippen LogP contribution in [0, 0.1) is 18.8 Å². The summed E-state index contributed by atoms with van der Waals surface area (Å²) in [7, 11) is 0. The highest BCUT2D eigenvalue weighted by molar-refractivity contribution is 7.99. The van der Waals surface area contributed by atoms with Crippen molar-refractivity contribution in [1.82, 2.24) is 14.8 Å². The van der Waals surface area contributed by atoms with E-state index < -0.39 is 5.60 Å². The van der Waals surface area contributed by atoms with E-state index >= 15 is 0 Å². The topological polar surface area (TPSA) is 63.0 Å². The summed E-state index contributed by atoms with van der Waals surface area (Å²) in [6, 6.07) is 12.6. The molecule has 0 amide bonds. The SMILES string of the molecule is CCn1nc(-c2ccccn2)c2c1N[C@H](C)CS[C@@H]2c1ccc(C#CC(C)(C)O)cc1C. The molecule has 3 aromatic rings. The van der Waals surface area contributed by atoms with Crippen LogP contribution in [0.5, 0.6) is 0 Å². The molecule has 0 fully saturated rings. The number of pyridine rings is 1. The van der Waals surface area contributed by atoms with Gasteiger partial charge in [-0.2, -0.15) is 5.10 Å². The van der Waals surface area contributed by atoms with Crippen molar-refractivity contribution in [3.05, 3.63) is 64.8 Å². The third kappa shape index (κ3) is 4.69. The molecule has 0 spiro atoms. The molecule has 1 aliphatic rings. The number of thioether (sulfide) groups is 1. The van der Waals surface area contributed by atoms with Crippen LogP contribution in [-0.2, 0) is 6.54 Å². The molecule has 2 atom stereocenters. The summed E-state index contributed by atoms with van der Waals surface area (Å²) in [5.74, 6) is 8.08. The molecule has 4 rings (SSSR count). The van der Waals surface area contributed by atoms with Gasteiger partial charge >= 0.3 is 0 Å². The summed E-state index contributed by atoms with van der Waals surface area (Å²) in [5.41, 5.74) is 5.36.